The molecule has 0 aliphatic heterocycles. The monoisotopic (exact) mass is 422 g/mol. The van der Waals surface area contributed by atoms with Crippen LogP contribution in [0.1, 0.15) is 5.76 Å². The number of non-ortho nitro benzene ring substituents is 1. The summed E-state index contributed by atoms with van der Waals surface area (Å²) in [6, 6.07) is 16.8. The molecule has 2 heterocycles. The molecule has 10 heteroatoms. The van der Waals surface area contributed by atoms with Gasteiger partial charge in [-0.05, 0) is 36.4 Å². The Balaban J connectivity index is 1.29. The molecule has 30 heavy (non-hydrogen) atoms. The van der Waals surface area contributed by atoms with Gasteiger partial charge in [-0.3, -0.25) is 14.9 Å². The van der Waals surface area contributed by atoms with Gasteiger partial charge in [0, 0.05) is 17.7 Å². The number of nitrogens with one attached hydrogen (secondary N) is 1. The predicted octanol–water partition coefficient (Wildman–Crippen LogP) is 4.24. The number of nitrogens with zero attached hydrogens (tertiary/aromatic N) is 3. The van der Waals surface area contributed by atoms with Gasteiger partial charge in [0.2, 0.25) is 0 Å². The maximum absolute atomic E-state index is 11.9. The van der Waals surface area contributed by atoms with Crippen LogP contribution in [0.5, 0.6) is 0 Å². The summed E-state index contributed by atoms with van der Waals surface area (Å²) >= 11 is 1.17. The lowest BCUT2D eigenvalue weighted by Crippen LogP contribution is -2.19. The molecule has 0 aliphatic rings. The third-order valence-electron chi connectivity index (χ3n) is 3.97. The van der Waals surface area contributed by atoms with Gasteiger partial charge in [-0.2, -0.15) is 5.10 Å². The number of rotatable bonds is 7. The Morgan fingerprint density at radius 3 is 2.70 bits per heavy atom. The molecule has 150 valence electrons. The average Bonchev–Trinajstić information content (AvgIpc) is 3.39. The minimum absolute atomic E-state index is 0.00511. The topological polar surface area (TPSA) is 124 Å². The highest BCUT2D eigenvalue weighted by atomic mass is 32.2. The van der Waals surface area contributed by atoms with E-state index in [1.165, 1.54) is 30.1 Å². The molecule has 0 saturated heterocycles. The lowest BCUT2D eigenvalue weighted by atomic mass is 10.1. The van der Waals surface area contributed by atoms with Crippen LogP contribution < -0.4 is 5.43 Å². The summed E-state index contributed by atoms with van der Waals surface area (Å²) in [6.45, 7) is 0. The van der Waals surface area contributed by atoms with Crippen LogP contribution >= 0.6 is 11.8 Å². The van der Waals surface area contributed by atoms with E-state index in [-0.39, 0.29) is 17.3 Å². The first kappa shape index (κ1) is 19.4. The summed E-state index contributed by atoms with van der Waals surface area (Å²) in [5.74, 6) is 0.733. The molecule has 0 radical (unpaired) electrons. The first-order chi connectivity index (χ1) is 14.6. The van der Waals surface area contributed by atoms with Crippen molar-refractivity contribution in [3.8, 4) is 11.3 Å². The van der Waals surface area contributed by atoms with E-state index in [9.17, 15) is 14.9 Å². The number of oxazole rings is 1. The van der Waals surface area contributed by atoms with Gasteiger partial charge in [0.05, 0.1) is 16.9 Å². The van der Waals surface area contributed by atoms with Gasteiger partial charge in [-0.15, -0.1) is 0 Å². The van der Waals surface area contributed by atoms with Gasteiger partial charge in [0.15, 0.2) is 5.58 Å². The molecule has 4 aromatic rings. The largest absolute Gasteiger partial charge is 0.455 e. The molecule has 2 aromatic carbocycles. The van der Waals surface area contributed by atoms with Crippen molar-refractivity contribution in [2.24, 2.45) is 5.10 Å². The predicted molar refractivity (Wildman–Crippen MR) is 111 cm³/mol. The summed E-state index contributed by atoms with van der Waals surface area (Å²) in [7, 11) is 0. The van der Waals surface area contributed by atoms with E-state index in [1.807, 2.05) is 24.3 Å². The average molecular weight is 422 g/mol. The number of thioether (sulfide) groups is 1. The Morgan fingerprint density at radius 2 is 1.93 bits per heavy atom. The highest BCUT2D eigenvalue weighted by Crippen LogP contribution is 2.24. The Hall–Kier alpha value is -3.92. The molecule has 0 unspecified atom stereocenters. The Labute approximate surface area is 173 Å². The summed E-state index contributed by atoms with van der Waals surface area (Å²) < 4.78 is 11.2. The number of hydrazone groups is 1. The van der Waals surface area contributed by atoms with E-state index in [0.717, 1.165) is 5.52 Å². The van der Waals surface area contributed by atoms with E-state index in [4.69, 9.17) is 8.83 Å². The van der Waals surface area contributed by atoms with Gasteiger partial charge < -0.3 is 8.83 Å². The van der Waals surface area contributed by atoms with Gasteiger partial charge in [0.1, 0.15) is 17.0 Å². The van der Waals surface area contributed by atoms with Crippen LogP contribution in [-0.4, -0.2) is 27.8 Å². The zero-order valence-corrected chi connectivity index (χ0v) is 16.2. The van der Waals surface area contributed by atoms with E-state index in [1.54, 1.807) is 24.3 Å². The molecule has 0 spiro atoms. The fourth-order valence-corrected chi connectivity index (χ4v) is 3.20. The molecular formula is C20H14N4O5S. The number of para-hydroxylation sites is 2. The minimum atomic E-state index is -0.463. The maximum atomic E-state index is 11.9. The summed E-state index contributed by atoms with van der Waals surface area (Å²) in [5.41, 5.74) is 4.51. The molecule has 1 N–H and O–H groups in total. The molecule has 2 aromatic heterocycles. The van der Waals surface area contributed by atoms with Crippen molar-refractivity contribution >= 4 is 40.7 Å². The van der Waals surface area contributed by atoms with Crippen molar-refractivity contribution in [1.82, 2.24) is 10.4 Å². The Bertz CT molecular complexity index is 1200. The van der Waals surface area contributed by atoms with Gasteiger partial charge >= 0.3 is 0 Å². The summed E-state index contributed by atoms with van der Waals surface area (Å²) in [6.07, 6.45) is 1.37. The SMILES string of the molecule is O=C(CSc1nc2ccccc2o1)N/N=C\c1ccc(-c2ccc([N+](=O)[O-])cc2)o1. The number of nitro benzene ring substituents is 1. The molecule has 4 rings (SSSR count). The first-order valence-electron chi connectivity index (χ1n) is 8.73. The zero-order chi connectivity index (χ0) is 20.9. The smallest absolute Gasteiger partial charge is 0.269 e. The molecule has 1 amide bonds. The fraction of sp³-hybridized carbons (Fsp3) is 0.0500. The minimum Gasteiger partial charge on any atom is -0.455 e. The number of furan rings is 1. The second-order valence-electron chi connectivity index (χ2n) is 6.04. The van der Waals surface area contributed by atoms with E-state index < -0.39 is 4.92 Å². The number of hydrogen-bond donors (Lipinski definition) is 1. The lowest BCUT2D eigenvalue weighted by molar-refractivity contribution is -0.384. The Morgan fingerprint density at radius 1 is 1.13 bits per heavy atom. The zero-order valence-electron chi connectivity index (χ0n) is 15.3. The normalized spacial score (nSPS) is 11.2. The quantitative estimate of drug-likeness (QED) is 0.204. The van der Waals surface area contributed by atoms with Crippen LogP contribution in [0, 0.1) is 10.1 Å². The number of fused-ring (bicyclic) bond motifs is 1. The molecule has 0 fully saturated rings. The summed E-state index contributed by atoms with van der Waals surface area (Å²) in [4.78, 5) is 26.5. The number of carbonyl (C=O) groups is 1. The van der Waals surface area contributed by atoms with Crippen molar-refractivity contribution in [2.45, 2.75) is 5.22 Å². The van der Waals surface area contributed by atoms with Crippen molar-refractivity contribution in [2.75, 3.05) is 5.75 Å². The van der Waals surface area contributed by atoms with Gasteiger partial charge in [-0.25, -0.2) is 10.4 Å². The van der Waals surface area contributed by atoms with Crippen LogP contribution in [0.25, 0.3) is 22.4 Å². The number of nitro groups is 1. The van der Waals surface area contributed by atoms with Crippen molar-refractivity contribution in [3.63, 3.8) is 0 Å². The number of amides is 1. The summed E-state index contributed by atoms with van der Waals surface area (Å²) in [5, 5.41) is 15.0. The second kappa shape index (κ2) is 8.62. The third-order valence-corrected chi connectivity index (χ3v) is 4.80. The molecule has 0 aliphatic carbocycles. The van der Waals surface area contributed by atoms with Crippen molar-refractivity contribution < 1.29 is 18.6 Å². The third kappa shape index (κ3) is 4.55. The molecule has 0 saturated carbocycles. The van der Waals surface area contributed by atoms with Crippen LogP contribution in [0.4, 0.5) is 5.69 Å². The number of benzene rings is 2. The first-order valence-corrected chi connectivity index (χ1v) is 9.72. The van der Waals surface area contributed by atoms with Gasteiger partial charge in [0.25, 0.3) is 16.8 Å². The van der Waals surface area contributed by atoms with Crippen molar-refractivity contribution in [1.29, 1.82) is 0 Å². The molecule has 0 atom stereocenters. The number of hydrogen-bond acceptors (Lipinski definition) is 8. The van der Waals surface area contributed by atoms with Crippen molar-refractivity contribution in [3.05, 3.63) is 76.5 Å². The van der Waals surface area contributed by atoms with Crippen LogP contribution in [-0.2, 0) is 4.79 Å². The van der Waals surface area contributed by atoms with E-state index >= 15 is 0 Å². The van der Waals surface area contributed by atoms with Crippen LogP contribution in [0.15, 0.2) is 79.8 Å². The Kier molecular flexibility index (Phi) is 5.57. The lowest BCUT2D eigenvalue weighted by Gasteiger charge is -1.97. The highest BCUT2D eigenvalue weighted by Gasteiger charge is 2.10. The number of aromatic nitrogens is 1. The van der Waals surface area contributed by atoms with Gasteiger partial charge in [-0.1, -0.05) is 23.9 Å². The van der Waals surface area contributed by atoms with Crippen LogP contribution in [0.2, 0.25) is 0 Å². The van der Waals surface area contributed by atoms with E-state index in [0.29, 0.717) is 27.9 Å². The standard InChI is InChI=1S/C20H14N4O5S/c25-19(12-30-20-22-16-3-1-2-4-18(16)29-20)23-21-11-15-9-10-17(28-15)13-5-7-14(8-6-13)24(26)27/h1-11H,12H2,(H,23,25)/b21-11-. The molecule has 9 nitrogen and oxygen atoms in total. The fourth-order valence-electron chi connectivity index (χ4n) is 2.57. The maximum Gasteiger partial charge on any atom is 0.269 e. The van der Waals surface area contributed by atoms with Crippen LogP contribution in [0.3, 0.4) is 0 Å². The molecule has 0 bridgehead atoms. The highest BCUT2D eigenvalue weighted by molar-refractivity contribution is 7.99. The second-order valence-corrected chi connectivity index (χ2v) is 6.96. The van der Waals surface area contributed by atoms with E-state index in [2.05, 4.69) is 15.5 Å². The number of carbonyl (C=O) groups excluding carboxylic acids is 1. The molecular weight excluding hydrogens is 408 g/mol.